The second-order valence-electron chi connectivity index (χ2n) is 15.9. The summed E-state index contributed by atoms with van der Waals surface area (Å²) in [6.07, 6.45) is 5.69. The smallest absolute Gasteiger partial charge is 0.0730 e. The van der Waals surface area contributed by atoms with Gasteiger partial charge in [-0.15, -0.1) is 0 Å². The Kier molecular flexibility index (Phi) is 6.21. The molecule has 2 heteroatoms. The first kappa shape index (κ1) is 30.7. The quantitative estimate of drug-likeness (QED) is 0.179. The van der Waals surface area contributed by atoms with Gasteiger partial charge in [-0.1, -0.05) is 141 Å². The summed E-state index contributed by atoms with van der Waals surface area (Å²) in [5.41, 5.74) is 15.9. The largest absolute Gasteiger partial charge is 0.308 e. The van der Waals surface area contributed by atoms with Gasteiger partial charge >= 0.3 is 0 Å². The normalized spacial score (nSPS) is 14.0. The number of nitrogens with zero attached hydrogens (tertiary/aromatic N) is 2. The van der Waals surface area contributed by atoms with Crippen molar-refractivity contribution in [1.82, 2.24) is 9.55 Å². The van der Waals surface area contributed by atoms with Crippen LogP contribution in [0, 0.1) is 0 Å². The first-order valence-corrected chi connectivity index (χ1v) is 19.3. The van der Waals surface area contributed by atoms with E-state index in [4.69, 9.17) is 4.98 Å². The van der Waals surface area contributed by atoms with E-state index in [0.29, 0.717) is 0 Å². The molecule has 0 fully saturated rings. The third kappa shape index (κ3) is 4.34. The zero-order chi connectivity index (χ0) is 36.4. The Morgan fingerprint density at radius 1 is 0.545 bits per heavy atom. The predicted molar refractivity (Wildman–Crippen MR) is 232 cm³/mol. The molecular formula is C53H36N2. The van der Waals surface area contributed by atoms with E-state index in [1.807, 2.05) is 0 Å². The maximum absolute atomic E-state index is 5.42. The van der Waals surface area contributed by atoms with E-state index in [-0.39, 0.29) is 5.41 Å². The number of fused-ring (bicyclic) bond motifs is 10. The van der Waals surface area contributed by atoms with Crippen molar-refractivity contribution in [1.29, 1.82) is 0 Å². The van der Waals surface area contributed by atoms with E-state index in [1.165, 1.54) is 87.5 Å². The minimum absolute atomic E-state index is 0.108. The van der Waals surface area contributed by atoms with E-state index in [1.54, 1.807) is 0 Å². The summed E-state index contributed by atoms with van der Waals surface area (Å²) >= 11 is 0. The molecule has 0 amide bonds. The van der Waals surface area contributed by atoms with Gasteiger partial charge in [-0.25, -0.2) is 4.98 Å². The Hall–Kier alpha value is -6.77. The van der Waals surface area contributed by atoms with E-state index >= 15 is 0 Å². The van der Waals surface area contributed by atoms with Crippen LogP contribution in [0.15, 0.2) is 164 Å². The molecule has 0 bridgehead atoms. The van der Waals surface area contributed by atoms with Gasteiger partial charge in [0.15, 0.2) is 0 Å². The Balaban J connectivity index is 1.19. The summed E-state index contributed by atoms with van der Waals surface area (Å²) in [5, 5.41) is 10.2. The summed E-state index contributed by atoms with van der Waals surface area (Å²) in [4.78, 5) is 5.42. The van der Waals surface area contributed by atoms with Crippen molar-refractivity contribution < 1.29 is 0 Å². The predicted octanol–water partition coefficient (Wildman–Crippen LogP) is 13.8. The van der Waals surface area contributed by atoms with Crippen LogP contribution in [0.4, 0.5) is 0 Å². The molecule has 55 heavy (non-hydrogen) atoms. The third-order valence-corrected chi connectivity index (χ3v) is 12.5. The molecule has 2 nitrogen and oxygen atoms in total. The molecule has 0 unspecified atom stereocenters. The van der Waals surface area contributed by atoms with E-state index in [2.05, 4.69) is 188 Å². The molecule has 0 N–H and O–H groups in total. The molecule has 10 aromatic rings. The maximum Gasteiger partial charge on any atom is 0.0730 e. The zero-order valence-corrected chi connectivity index (χ0v) is 30.8. The maximum atomic E-state index is 5.42. The van der Waals surface area contributed by atoms with Gasteiger partial charge in [0.2, 0.25) is 0 Å². The molecule has 12 rings (SSSR count). The van der Waals surface area contributed by atoms with E-state index in [9.17, 15) is 0 Å². The van der Waals surface area contributed by atoms with Gasteiger partial charge in [0, 0.05) is 32.9 Å². The first-order chi connectivity index (χ1) is 27.0. The van der Waals surface area contributed by atoms with Crippen LogP contribution in [0.25, 0.3) is 99.5 Å². The second-order valence-corrected chi connectivity index (χ2v) is 15.9. The summed E-state index contributed by atoms with van der Waals surface area (Å²) in [6, 6.07) is 58.2. The number of aromatic nitrogens is 2. The average molecular weight is 701 g/mol. The van der Waals surface area contributed by atoms with Crippen molar-refractivity contribution in [3.63, 3.8) is 0 Å². The van der Waals surface area contributed by atoms with Gasteiger partial charge in [0.05, 0.1) is 28.1 Å². The highest BCUT2D eigenvalue weighted by molar-refractivity contribution is 6.20. The van der Waals surface area contributed by atoms with Gasteiger partial charge in [0.1, 0.15) is 0 Å². The van der Waals surface area contributed by atoms with Crippen LogP contribution >= 0.6 is 0 Å². The van der Waals surface area contributed by atoms with Crippen molar-refractivity contribution in [2.45, 2.75) is 25.7 Å². The number of rotatable bonds is 3. The molecule has 0 atom stereocenters. The topological polar surface area (TPSA) is 17.8 Å². The molecule has 0 aliphatic heterocycles. The Morgan fingerprint density at radius 3 is 1.91 bits per heavy atom. The highest BCUT2D eigenvalue weighted by Gasteiger charge is 2.38. The number of hydrogen-bond acceptors (Lipinski definition) is 1. The summed E-state index contributed by atoms with van der Waals surface area (Å²) < 4.78 is 2.52. The molecule has 2 aliphatic rings. The standard InChI is InChI=1S/C53H36N2/c1-53(2)46-20-9-7-17-40(46)43-28-38-16-11-19-42-50(38)45(51(43)53)31-44-41-18-8-10-21-49(41)55(52(42)44)39-29-47(36-24-22-32-12-3-5-14-34(32)26-36)54-48(30-39)37-25-23-33-13-4-6-15-35(33)27-37/h3-15,17-31H,16H2,1-2H3. The van der Waals surface area contributed by atoms with Crippen LogP contribution in [0.1, 0.15) is 36.1 Å². The van der Waals surface area contributed by atoms with Gasteiger partial charge < -0.3 is 4.57 Å². The fourth-order valence-corrected chi connectivity index (χ4v) is 9.98. The van der Waals surface area contributed by atoms with Gasteiger partial charge in [-0.2, -0.15) is 0 Å². The minimum atomic E-state index is -0.108. The van der Waals surface area contributed by atoms with Crippen LogP contribution in [-0.4, -0.2) is 9.55 Å². The Bertz CT molecular complexity index is 3220. The molecular weight excluding hydrogens is 665 g/mol. The lowest BCUT2D eigenvalue weighted by Crippen LogP contribution is -2.16. The van der Waals surface area contributed by atoms with Crippen LogP contribution in [0.2, 0.25) is 0 Å². The van der Waals surface area contributed by atoms with Crippen molar-refractivity contribution in [3.05, 3.63) is 186 Å². The SMILES string of the molecule is CC1(C)c2ccccc2-c2cc3c4c(c5c(cc4c21)c1ccccc1n5-c1cc(-c2ccc4ccccc4c2)nc(-c2ccc4ccccc4c2)c1)C=CC3. The molecule has 258 valence electrons. The number of pyridine rings is 1. The van der Waals surface area contributed by atoms with Gasteiger partial charge in [-0.05, 0) is 109 Å². The monoisotopic (exact) mass is 700 g/mol. The summed E-state index contributed by atoms with van der Waals surface area (Å²) in [5.74, 6) is 0. The molecule has 2 aromatic heterocycles. The number of allylic oxidation sites excluding steroid dienone is 1. The average Bonchev–Trinajstić information content (AvgIpc) is 3.69. The first-order valence-electron chi connectivity index (χ1n) is 19.3. The van der Waals surface area contributed by atoms with Crippen LogP contribution < -0.4 is 0 Å². The fraction of sp³-hybridized carbons (Fsp3) is 0.0755. The van der Waals surface area contributed by atoms with Crippen LogP contribution in [0.3, 0.4) is 0 Å². The highest BCUT2D eigenvalue weighted by atomic mass is 15.0. The van der Waals surface area contributed by atoms with E-state index in [0.717, 1.165) is 34.6 Å². The van der Waals surface area contributed by atoms with E-state index < -0.39 is 0 Å². The number of para-hydroxylation sites is 1. The molecule has 2 heterocycles. The lowest BCUT2D eigenvalue weighted by atomic mass is 9.78. The van der Waals surface area contributed by atoms with Gasteiger partial charge in [-0.3, -0.25) is 0 Å². The van der Waals surface area contributed by atoms with Crippen molar-refractivity contribution in [2.75, 3.05) is 0 Å². The zero-order valence-electron chi connectivity index (χ0n) is 30.8. The third-order valence-electron chi connectivity index (χ3n) is 12.5. The second kappa shape index (κ2) is 11.1. The van der Waals surface area contributed by atoms with Crippen LogP contribution in [0.5, 0.6) is 0 Å². The Morgan fingerprint density at radius 2 is 1.18 bits per heavy atom. The molecule has 8 aromatic carbocycles. The van der Waals surface area contributed by atoms with Crippen molar-refractivity contribution in [2.24, 2.45) is 0 Å². The molecule has 0 spiro atoms. The summed E-state index contributed by atoms with van der Waals surface area (Å²) in [7, 11) is 0. The van der Waals surface area contributed by atoms with Crippen LogP contribution in [-0.2, 0) is 11.8 Å². The number of hydrogen-bond donors (Lipinski definition) is 0. The fourth-order valence-electron chi connectivity index (χ4n) is 9.98. The van der Waals surface area contributed by atoms with Crippen molar-refractivity contribution >= 4 is 60.2 Å². The molecule has 0 radical (unpaired) electrons. The number of benzene rings is 8. The molecule has 2 aliphatic carbocycles. The lowest BCUT2D eigenvalue weighted by molar-refractivity contribution is 0.666. The highest BCUT2D eigenvalue weighted by Crippen LogP contribution is 2.54. The minimum Gasteiger partial charge on any atom is -0.308 e. The molecule has 0 saturated heterocycles. The van der Waals surface area contributed by atoms with Gasteiger partial charge in [0.25, 0.3) is 0 Å². The van der Waals surface area contributed by atoms with Crippen molar-refractivity contribution in [3.8, 4) is 39.3 Å². The summed E-state index contributed by atoms with van der Waals surface area (Å²) in [6.45, 7) is 4.82. The lowest BCUT2D eigenvalue weighted by Gasteiger charge is -2.26. The Labute approximate surface area is 319 Å². The molecule has 0 saturated carbocycles.